The summed E-state index contributed by atoms with van der Waals surface area (Å²) in [5, 5.41) is 4.42. The Balaban J connectivity index is 1.40. The van der Waals surface area contributed by atoms with Crippen molar-refractivity contribution in [2.75, 3.05) is 0 Å². The normalized spacial score (nSPS) is 12.3. The Morgan fingerprint density at radius 3 is 2.84 bits per heavy atom. The molecule has 0 aliphatic carbocycles. The quantitative estimate of drug-likeness (QED) is 0.400. The summed E-state index contributed by atoms with van der Waals surface area (Å²) in [7, 11) is 0. The van der Waals surface area contributed by atoms with Gasteiger partial charge in [0, 0.05) is 17.0 Å². The first-order valence-electron chi connectivity index (χ1n) is 9.99. The van der Waals surface area contributed by atoms with Crippen LogP contribution in [0.3, 0.4) is 0 Å². The van der Waals surface area contributed by atoms with E-state index < -0.39 is 12.1 Å². The predicted octanol–water partition coefficient (Wildman–Crippen LogP) is 4.27. The first-order chi connectivity index (χ1) is 15.2. The summed E-state index contributed by atoms with van der Waals surface area (Å²) in [4.78, 5) is 35.3. The Morgan fingerprint density at radius 1 is 1.31 bits per heavy atom. The van der Waals surface area contributed by atoms with Gasteiger partial charge in [0.1, 0.15) is 10.6 Å². The van der Waals surface area contributed by atoms with E-state index in [9.17, 15) is 14.0 Å². The number of nitrogens with zero attached hydrogens (tertiary/aromatic N) is 4. The zero-order chi connectivity index (χ0) is 23.0. The number of rotatable bonds is 6. The van der Waals surface area contributed by atoms with Gasteiger partial charge in [0.15, 0.2) is 6.10 Å². The van der Waals surface area contributed by atoms with Gasteiger partial charge in [0.05, 0.1) is 18.1 Å². The third kappa shape index (κ3) is 4.18. The van der Waals surface area contributed by atoms with Crippen LogP contribution in [0.1, 0.15) is 41.3 Å². The second-order valence-corrected chi connectivity index (χ2v) is 8.71. The van der Waals surface area contributed by atoms with Crippen molar-refractivity contribution in [3.63, 3.8) is 0 Å². The minimum absolute atomic E-state index is 0.0240. The number of carbonyl (C=O) groups excluding carboxylic acids is 1. The van der Waals surface area contributed by atoms with Crippen LogP contribution < -0.4 is 5.56 Å². The standard InChI is InChI=1S/C22H21FN4O4S/c1-11-5-6-15(9-16(11)23)19-25-20(31-26-19)13(3)30-17(28)7-8-27-10-24-21-18(22(27)29)12(2)14(4)32-21/h5-6,9-10,13H,7-8H2,1-4H3. The van der Waals surface area contributed by atoms with E-state index in [2.05, 4.69) is 15.1 Å². The lowest BCUT2D eigenvalue weighted by Crippen LogP contribution is -2.22. The molecule has 1 atom stereocenters. The molecule has 10 heteroatoms. The molecule has 4 aromatic rings. The summed E-state index contributed by atoms with van der Waals surface area (Å²) in [6.45, 7) is 7.23. The average molecular weight is 456 g/mol. The van der Waals surface area contributed by atoms with Gasteiger partial charge < -0.3 is 9.26 Å². The van der Waals surface area contributed by atoms with E-state index >= 15 is 0 Å². The summed E-state index contributed by atoms with van der Waals surface area (Å²) < 4.78 is 25.7. The highest BCUT2D eigenvalue weighted by Gasteiger charge is 2.20. The summed E-state index contributed by atoms with van der Waals surface area (Å²) in [6, 6.07) is 4.63. The molecule has 1 aromatic carbocycles. The number of fused-ring (bicyclic) bond motifs is 1. The number of aryl methyl sites for hydroxylation is 4. The molecule has 0 fully saturated rings. The molecule has 4 rings (SSSR count). The van der Waals surface area contributed by atoms with Gasteiger partial charge >= 0.3 is 5.97 Å². The second-order valence-electron chi connectivity index (χ2n) is 7.51. The van der Waals surface area contributed by atoms with Gasteiger partial charge in [0.25, 0.3) is 11.4 Å². The maximum absolute atomic E-state index is 13.8. The van der Waals surface area contributed by atoms with Crippen molar-refractivity contribution < 1.29 is 18.4 Å². The molecule has 8 nitrogen and oxygen atoms in total. The Hall–Kier alpha value is -3.40. The molecule has 32 heavy (non-hydrogen) atoms. The molecule has 0 N–H and O–H groups in total. The predicted molar refractivity (Wildman–Crippen MR) is 117 cm³/mol. The molecule has 0 aliphatic rings. The fraction of sp³-hybridized carbons (Fsp3) is 0.318. The number of benzene rings is 1. The molecule has 0 aliphatic heterocycles. The lowest BCUT2D eigenvalue weighted by molar-refractivity contribution is -0.150. The van der Waals surface area contributed by atoms with Gasteiger partial charge in [-0.1, -0.05) is 17.3 Å². The fourth-order valence-corrected chi connectivity index (χ4v) is 4.18. The van der Waals surface area contributed by atoms with Gasteiger partial charge in [-0.05, 0) is 44.9 Å². The number of esters is 1. The molecular formula is C22H21FN4O4S. The maximum Gasteiger partial charge on any atom is 0.308 e. The molecule has 0 bridgehead atoms. The van der Waals surface area contributed by atoms with E-state index in [4.69, 9.17) is 9.26 Å². The summed E-state index contributed by atoms with van der Waals surface area (Å²) >= 11 is 1.47. The smallest absolute Gasteiger partial charge is 0.308 e. The van der Waals surface area contributed by atoms with Crippen molar-refractivity contribution in [1.82, 2.24) is 19.7 Å². The van der Waals surface area contributed by atoms with E-state index in [-0.39, 0.29) is 36.1 Å². The molecule has 3 heterocycles. The molecule has 0 saturated heterocycles. The Bertz CT molecular complexity index is 1370. The van der Waals surface area contributed by atoms with Crippen molar-refractivity contribution in [3.05, 3.63) is 62.6 Å². The van der Waals surface area contributed by atoms with E-state index in [1.54, 1.807) is 26.0 Å². The molecule has 3 aromatic heterocycles. The van der Waals surface area contributed by atoms with Gasteiger partial charge in [-0.25, -0.2) is 9.37 Å². The summed E-state index contributed by atoms with van der Waals surface area (Å²) in [6.07, 6.45) is 0.629. The summed E-state index contributed by atoms with van der Waals surface area (Å²) in [5.74, 6) is -0.596. The highest BCUT2D eigenvalue weighted by atomic mass is 32.1. The molecule has 0 spiro atoms. The molecule has 0 amide bonds. The number of hydrogen-bond acceptors (Lipinski definition) is 8. The Kier molecular flexibility index (Phi) is 5.88. The highest BCUT2D eigenvalue weighted by molar-refractivity contribution is 7.18. The largest absolute Gasteiger partial charge is 0.452 e. The Labute approximate surface area is 186 Å². The lowest BCUT2D eigenvalue weighted by Gasteiger charge is -2.10. The minimum Gasteiger partial charge on any atom is -0.452 e. The number of carbonyl (C=O) groups is 1. The van der Waals surface area contributed by atoms with E-state index in [0.717, 1.165) is 10.4 Å². The van der Waals surface area contributed by atoms with Crippen molar-refractivity contribution in [3.8, 4) is 11.4 Å². The van der Waals surface area contributed by atoms with Gasteiger partial charge in [0.2, 0.25) is 5.82 Å². The SMILES string of the molecule is Cc1ccc(-c2noc(C(C)OC(=O)CCn3cnc4sc(C)c(C)c4c3=O)n2)cc1F. The van der Waals surface area contributed by atoms with Crippen LogP contribution in [0.4, 0.5) is 4.39 Å². The van der Waals surface area contributed by atoms with Crippen molar-refractivity contribution in [1.29, 1.82) is 0 Å². The van der Waals surface area contributed by atoms with E-state index in [1.165, 1.54) is 28.3 Å². The highest BCUT2D eigenvalue weighted by Crippen LogP contribution is 2.26. The number of aromatic nitrogens is 4. The molecule has 1 unspecified atom stereocenters. The number of thiophene rings is 1. The van der Waals surface area contributed by atoms with Crippen molar-refractivity contribution in [2.45, 2.75) is 46.8 Å². The fourth-order valence-electron chi connectivity index (χ4n) is 3.20. The van der Waals surface area contributed by atoms with Crippen LogP contribution in [-0.4, -0.2) is 25.7 Å². The van der Waals surface area contributed by atoms with Crippen LogP contribution in [-0.2, 0) is 16.1 Å². The lowest BCUT2D eigenvalue weighted by atomic mass is 10.1. The summed E-state index contributed by atoms with van der Waals surface area (Å²) in [5.41, 5.74) is 1.71. The van der Waals surface area contributed by atoms with Crippen LogP contribution in [0, 0.1) is 26.6 Å². The van der Waals surface area contributed by atoms with E-state index in [1.807, 2.05) is 13.8 Å². The number of ether oxygens (including phenoxy) is 1. The van der Waals surface area contributed by atoms with Crippen LogP contribution in [0.25, 0.3) is 21.6 Å². The van der Waals surface area contributed by atoms with Crippen molar-refractivity contribution >= 4 is 27.5 Å². The van der Waals surface area contributed by atoms with Gasteiger partial charge in [-0.15, -0.1) is 11.3 Å². The molecule has 0 saturated carbocycles. The molecule has 0 radical (unpaired) electrons. The third-order valence-corrected chi connectivity index (χ3v) is 6.36. The maximum atomic E-state index is 13.8. The topological polar surface area (TPSA) is 100 Å². The average Bonchev–Trinajstić information content (AvgIpc) is 3.35. The third-order valence-electron chi connectivity index (χ3n) is 5.24. The first kappa shape index (κ1) is 21.8. The molecule has 166 valence electrons. The first-order valence-corrected chi connectivity index (χ1v) is 10.8. The minimum atomic E-state index is -0.793. The van der Waals surface area contributed by atoms with Crippen LogP contribution >= 0.6 is 11.3 Å². The monoisotopic (exact) mass is 456 g/mol. The second kappa shape index (κ2) is 8.62. The number of halogens is 1. The van der Waals surface area contributed by atoms with Crippen LogP contribution in [0.15, 0.2) is 33.8 Å². The molecular weight excluding hydrogens is 435 g/mol. The zero-order valence-electron chi connectivity index (χ0n) is 18.0. The van der Waals surface area contributed by atoms with Crippen molar-refractivity contribution in [2.24, 2.45) is 0 Å². The Morgan fingerprint density at radius 2 is 2.09 bits per heavy atom. The number of hydrogen-bond donors (Lipinski definition) is 0. The van der Waals surface area contributed by atoms with Crippen LogP contribution in [0.5, 0.6) is 0 Å². The van der Waals surface area contributed by atoms with E-state index in [0.29, 0.717) is 21.3 Å². The van der Waals surface area contributed by atoms with Gasteiger partial charge in [-0.3, -0.25) is 14.2 Å². The zero-order valence-corrected chi connectivity index (χ0v) is 18.8. The van der Waals surface area contributed by atoms with Crippen LogP contribution in [0.2, 0.25) is 0 Å². The van der Waals surface area contributed by atoms with Gasteiger partial charge in [-0.2, -0.15) is 4.98 Å².